The summed E-state index contributed by atoms with van der Waals surface area (Å²) in [6.45, 7) is 0. The number of nitrogens with two attached hydrogens (primary N) is 1. The quantitative estimate of drug-likeness (QED) is 0.866. The number of benzene rings is 2. The van der Waals surface area contributed by atoms with Gasteiger partial charge < -0.3 is 15.2 Å². The maximum atomic E-state index is 9.51. The topological polar surface area (TPSA) is 68.3 Å². The number of para-hydroxylation sites is 1. The van der Waals surface area contributed by atoms with Crippen molar-refractivity contribution in [2.75, 3.05) is 20.0 Å². The minimum absolute atomic E-state index is 0.475. The molecule has 0 saturated heterocycles. The zero-order valence-electron chi connectivity index (χ0n) is 11.5. The second-order valence-electron chi connectivity index (χ2n) is 4.30. The zero-order chi connectivity index (χ0) is 14.5. The van der Waals surface area contributed by atoms with Crippen molar-refractivity contribution in [3.63, 3.8) is 0 Å². The smallest absolute Gasteiger partial charge is 0.127 e. The Balaban J connectivity index is 2.53. The Morgan fingerprint density at radius 3 is 2.40 bits per heavy atom. The first-order valence-corrected chi connectivity index (χ1v) is 6.17. The molecule has 0 fully saturated rings. The second kappa shape index (κ2) is 5.98. The Hall–Kier alpha value is -2.67. The van der Waals surface area contributed by atoms with Crippen LogP contribution in [0.25, 0.3) is 0 Å². The van der Waals surface area contributed by atoms with Crippen molar-refractivity contribution in [2.45, 2.75) is 5.92 Å². The highest BCUT2D eigenvalue weighted by atomic mass is 16.5. The van der Waals surface area contributed by atoms with Gasteiger partial charge in [0, 0.05) is 17.3 Å². The number of methoxy groups -OCH3 is 2. The van der Waals surface area contributed by atoms with Gasteiger partial charge in [-0.25, -0.2) is 0 Å². The summed E-state index contributed by atoms with van der Waals surface area (Å²) in [6.07, 6.45) is 0. The summed E-state index contributed by atoms with van der Waals surface area (Å²) in [5.41, 5.74) is 8.11. The van der Waals surface area contributed by atoms with Crippen LogP contribution in [0.15, 0.2) is 42.5 Å². The monoisotopic (exact) mass is 268 g/mol. The highest BCUT2D eigenvalue weighted by Crippen LogP contribution is 2.36. The molecule has 2 rings (SSSR count). The first-order chi connectivity index (χ1) is 9.71. The Morgan fingerprint density at radius 2 is 1.80 bits per heavy atom. The molecule has 0 radical (unpaired) electrons. The van der Waals surface area contributed by atoms with Crippen LogP contribution in [0.1, 0.15) is 17.0 Å². The predicted octanol–water partition coefficient (Wildman–Crippen LogP) is 2.94. The number of nitriles is 1. The molecule has 0 amide bonds. The first kappa shape index (κ1) is 13.8. The number of hydrogen-bond acceptors (Lipinski definition) is 4. The van der Waals surface area contributed by atoms with Crippen LogP contribution in [0, 0.1) is 11.3 Å². The SMILES string of the molecule is COc1ccc(C(C#N)c2ccccc2N)c(OC)c1. The standard InChI is InChI=1S/C16H16N2O2/c1-19-11-7-8-13(16(9-11)20-2)14(10-17)12-5-3-4-6-15(12)18/h3-9,14H,18H2,1-2H3. The van der Waals surface area contributed by atoms with E-state index in [2.05, 4.69) is 6.07 Å². The van der Waals surface area contributed by atoms with Crippen LogP contribution in [0.2, 0.25) is 0 Å². The summed E-state index contributed by atoms with van der Waals surface area (Å²) >= 11 is 0. The average Bonchev–Trinajstić information content (AvgIpc) is 2.50. The Labute approximate surface area is 118 Å². The maximum absolute atomic E-state index is 9.51. The number of rotatable bonds is 4. The molecular weight excluding hydrogens is 252 g/mol. The Kier molecular flexibility index (Phi) is 4.11. The van der Waals surface area contributed by atoms with Gasteiger partial charge in [0.05, 0.1) is 20.3 Å². The molecule has 1 atom stereocenters. The molecule has 4 nitrogen and oxygen atoms in total. The zero-order valence-corrected chi connectivity index (χ0v) is 11.5. The van der Waals surface area contributed by atoms with Crippen molar-refractivity contribution < 1.29 is 9.47 Å². The molecule has 2 aromatic carbocycles. The van der Waals surface area contributed by atoms with E-state index >= 15 is 0 Å². The van der Waals surface area contributed by atoms with Crippen molar-refractivity contribution in [1.82, 2.24) is 0 Å². The molecule has 4 heteroatoms. The Morgan fingerprint density at radius 1 is 1.05 bits per heavy atom. The molecule has 0 saturated carbocycles. The van der Waals surface area contributed by atoms with E-state index in [4.69, 9.17) is 15.2 Å². The molecule has 0 aromatic heterocycles. The number of ether oxygens (including phenoxy) is 2. The van der Waals surface area contributed by atoms with Gasteiger partial charge in [-0.2, -0.15) is 5.26 Å². The van der Waals surface area contributed by atoms with E-state index in [0.29, 0.717) is 17.2 Å². The molecule has 0 bridgehead atoms. The van der Waals surface area contributed by atoms with Gasteiger partial charge >= 0.3 is 0 Å². The van der Waals surface area contributed by atoms with Crippen LogP contribution in [0.4, 0.5) is 5.69 Å². The summed E-state index contributed by atoms with van der Waals surface area (Å²) in [4.78, 5) is 0. The third-order valence-electron chi connectivity index (χ3n) is 3.19. The van der Waals surface area contributed by atoms with Gasteiger partial charge in [-0.15, -0.1) is 0 Å². The van der Waals surface area contributed by atoms with Gasteiger partial charge in [0.1, 0.15) is 17.4 Å². The van der Waals surface area contributed by atoms with Crippen molar-refractivity contribution in [2.24, 2.45) is 0 Å². The van der Waals surface area contributed by atoms with Crippen molar-refractivity contribution in [1.29, 1.82) is 5.26 Å². The molecule has 20 heavy (non-hydrogen) atoms. The number of hydrogen-bond donors (Lipinski definition) is 1. The van der Waals surface area contributed by atoms with Gasteiger partial charge in [0.2, 0.25) is 0 Å². The van der Waals surface area contributed by atoms with Crippen LogP contribution >= 0.6 is 0 Å². The fraction of sp³-hybridized carbons (Fsp3) is 0.188. The van der Waals surface area contributed by atoms with Crippen LogP contribution in [0.5, 0.6) is 11.5 Å². The predicted molar refractivity (Wildman–Crippen MR) is 77.9 cm³/mol. The third-order valence-corrected chi connectivity index (χ3v) is 3.19. The lowest BCUT2D eigenvalue weighted by molar-refractivity contribution is 0.391. The molecular formula is C16H16N2O2. The fourth-order valence-corrected chi connectivity index (χ4v) is 2.14. The summed E-state index contributed by atoms with van der Waals surface area (Å²) in [5.74, 6) is 0.819. The van der Waals surface area contributed by atoms with E-state index in [9.17, 15) is 5.26 Å². The van der Waals surface area contributed by atoms with Crippen molar-refractivity contribution in [3.8, 4) is 17.6 Å². The third kappa shape index (κ3) is 2.52. The minimum atomic E-state index is -0.475. The van der Waals surface area contributed by atoms with Gasteiger partial charge in [-0.3, -0.25) is 0 Å². The maximum Gasteiger partial charge on any atom is 0.127 e. The van der Waals surface area contributed by atoms with Crippen molar-refractivity contribution in [3.05, 3.63) is 53.6 Å². The average molecular weight is 268 g/mol. The summed E-state index contributed by atoms with van der Waals surface area (Å²) in [6, 6.07) is 15.0. The fourth-order valence-electron chi connectivity index (χ4n) is 2.14. The molecule has 102 valence electrons. The highest BCUT2D eigenvalue weighted by Gasteiger charge is 2.20. The highest BCUT2D eigenvalue weighted by molar-refractivity contribution is 5.57. The van der Waals surface area contributed by atoms with E-state index in [0.717, 1.165) is 11.1 Å². The van der Waals surface area contributed by atoms with Gasteiger partial charge in [-0.1, -0.05) is 18.2 Å². The molecule has 2 N–H and O–H groups in total. The summed E-state index contributed by atoms with van der Waals surface area (Å²) in [7, 11) is 3.16. The van der Waals surface area contributed by atoms with Gasteiger partial charge in [-0.05, 0) is 23.8 Å². The number of nitrogen functional groups attached to an aromatic ring is 1. The number of anilines is 1. The minimum Gasteiger partial charge on any atom is -0.497 e. The second-order valence-corrected chi connectivity index (χ2v) is 4.30. The van der Waals surface area contributed by atoms with Crippen LogP contribution in [0.3, 0.4) is 0 Å². The van der Waals surface area contributed by atoms with E-state index in [-0.39, 0.29) is 0 Å². The largest absolute Gasteiger partial charge is 0.497 e. The van der Waals surface area contributed by atoms with Crippen LogP contribution < -0.4 is 15.2 Å². The van der Waals surface area contributed by atoms with Crippen molar-refractivity contribution >= 4 is 5.69 Å². The van der Waals surface area contributed by atoms with Crippen LogP contribution in [-0.4, -0.2) is 14.2 Å². The summed E-state index contributed by atoms with van der Waals surface area (Å²) < 4.78 is 10.5. The molecule has 0 spiro atoms. The van der Waals surface area contributed by atoms with Gasteiger partial charge in [0.25, 0.3) is 0 Å². The lowest BCUT2D eigenvalue weighted by atomic mass is 9.90. The Bertz CT molecular complexity index is 647. The van der Waals surface area contributed by atoms with E-state index in [1.165, 1.54) is 0 Å². The normalized spacial score (nSPS) is 11.4. The summed E-state index contributed by atoms with van der Waals surface area (Å²) in [5, 5.41) is 9.51. The molecule has 0 aliphatic carbocycles. The van der Waals surface area contributed by atoms with Crippen LogP contribution in [-0.2, 0) is 0 Å². The molecule has 0 aliphatic heterocycles. The molecule has 0 aliphatic rings. The molecule has 0 heterocycles. The lowest BCUT2D eigenvalue weighted by Crippen LogP contribution is -2.04. The molecule has 1 unspecified atom stereocenters. The van der Waals surface area contributed by atoms with E-state index < -0.39 is 5.92 Å². The molecule has 2 aromatic rings. The van der Waals surface area contributed by atoms with E-state index in [1.807, 2.05) is 24.3 Å². The number of nitrogens with zero attached hydrogens (tertiary/aromatic N) is 1. The lowest BCUT2D eigenvalue weighted by Gasteiger charge is -2.16. The van der Waals surface area contributed by atoms with E-state index in [1.54, 1.807) is 32.4 Å². The van der Waals surface area contributed by atoms with Gasteiger partial charge in [0.15, 0.2) is 0 Å². The first-order valence-electron chi connectivity index (χ1n) is 6.17.